The first kappa shape index (κ1) is 32.0. The molecule has 10 heteroatoms. The molecule has 1 N–H and O–H groups in total. The Morgan fingerprint density at radius 2 is 1.70 bits per heavy atom. The van der Waals surface area contributed by atoms with Crippen molar-refractivity contribution in [1.82, 2.24) is 30.0 Å². The van der Waals surface area contributed by atoms with Crippen LogP contribution in [0.3, 0.4) is 0 Å². The molecule has 0 saturated heterocycles. The number of para-hydroxylation sites is 1. The van der Waals surface area contributed by atoms with Gasteiger partial charge in [-0.1, -0.05) is 80.4 Å². The Balaban J connectivity index is 1.30. The molecule has 0 spiro atoms. The number of hydrogen-bond acceptors (Lipinski definition) is 7. The second-order valence-electron chi connectivity index (χ2n) is 12.1. The van der Waals surface area contributed by atoms with Crippen molar-refractivity contribution in [2.45, 2.75) is 77.8 Å². The molecular weight excluding hydrogens is 592 g/mol. The predicted octanol–water partition coefficient (Wildman–Crippen LogP) is 6.97. The Morgan fingerprint density at radius 1 is 0.936 bits per heavy atom. The fourth-order valence-corrected chi connectivity index (χ4v) is 6.63. The maximum absolute atomic E-state index is 14.4. The van der Waals surface area contributed by atoms with Crippen molar-refractivity contribution in [3.63, 3.8) is 0 Å². The number of tetrazole rings is 1. The molecular formula is C37H42N6O4. The van der Waals surface area contributed by atoms with Gasteiger partial charge in [0.25, 0.3) is 5.56 Å². The van der Waals surface area contributed by atoms with E-state index in [-0.39, 0.29) is 30.9 Å². The molecule has 2 aromatic heterocycles. The van der Waals surface area contributed by atoms with E-state index in [0.717, 1.165) is 72.0 Å². The van der Waals surface area contributed by atoms with Gasteiger partial charge in [0.2, 0.25) is 5.82 Å². The van der Waals surface area contributed by atoms with Crippen molar-refractivity contribution < 1.29 is 14.3 Å². The SMILES string of the molecule is CCCCCc1c(Cc2ccc(-c3ccccc3-c3nn[nH]n3)cc2)c(=O)n2n1C(C)CCC2COc1ccccc1C(=O)OCC. The molecule has 47 heavy (non-hydrogen) atoms. The smallest absolute Gasteiger partial charge is 0.341 e. The predicted molar refractivity (Wildman–Crippen MR) is 181 cm³/mol. The highest BCUT2D eigenvalue weighted by Gasteiger charge is 2.32. The van der Waals surface area contributed by atoms with Crippen molar-refractivity contribution in [3.05, 3.63) is 106 Å². The lowest BCUT2D eigenvalue weighted by atomic mass is 9.96. The van der Waals surface area contributed by atoms with E-state index < -0.39 is 5.97 Å². The molecule has 0 amide bonds. The molecule has 0 fully saturated rings. The Morgan fingerprint density at radius 3 is 2.45 bits per heavy atom. The molecule has 1 aliphatic heterocycles. The molecule has 0 saturated carbocycles. The van der Waals surface area contributed by atoms with E-state index in [1.807, 2.05) is 28.9 Å². The largest absolute Gasteiger partial charge is 0.490 e. The van der Waals surface area contributed by atoms with E-state index in [2.05, 4.69) is 69.5 Å². The first-order chi connectivity index (χ1) is 23.0. The minimum Gasteiger partial charge on any atom is -0.490 e. The van der Waals surface area contributed by atoms with Crippen molar-refractivity contribution >= 4 is 5.97 Å². The first-order valence-corrected chi connectivity index (χ1v) is 16.7. The Bertz CT molecular complexity index is 1860. The Labute approximate surface area is 274 Å². The number of carbonyl (C=O) groups is 1. The molecule has 0 radical (unpaired) electrons. The standard InChI is InChI=1S/C37H42N6O4/c1-4-6-7-15-33-32(23-26-18-20-27(21-19-26)29-12-8-9-13-30(29)35-38-40-41-39-35)36(44)43-28(22-17-25(3)42(33)43)24-47-34-16-11-10-14-31(34)37(45)46-5-2/h8-14,16,18-21,25,28H,4-7,15,17,22-24H2,1-3H3,(H,38,39,40,41). The van der Waals surface area contributed by atoms with Crippen LogP contribution in [-0.4, -0.2) is 49.2 Å². The van der Waals surface area contributed by atoms with Crippen molar-refractivity contribution in [1.29, 1.82) is 0 Å². The summed E-state index contributed by atoms with van der Waals surface area (Å²) in [4.78, 5) is 26.9. The average Bonchev–Trinajstić information content (AvgIpc) is 3.73. The minimum absolute atomic E-state index is 0.0434. The van der Waals surface area contributed by atoms with E-state index in [1.54, 1.807) is 25.1 Å². The first-order valence-electron chi connectivity index (χ1n) is 16.7. The minimum atomic E-state index is -0.411. The molecule has 2 unspecified atom stereocenters. The number of hydrogen-bond donors (Lipinski definition) is 1. The fourth-order valence-electron chi connectivity index (χ4n) is 6.63. The third kappa shape index (κ3) is 6.77. The van der Waals surface area contributed by atoms with Crippen LogP contribution < -0.4 is 10.3 Å². The van der Waals surface area contributed by atoms with Crippen molar-refractivity contribution in [2.24, 2.45) is 0 Å². The normalized spacial score (nSPS) is 15.7. The van der Waals surface area contributed by atoms with E-state index in [9.17, 15) is 9.59 Å². The number of rotatable bonds is 13. The van der Waals surface area contributed by atoms with E-state index >= 15 is 0 Å². The van der Waals surface area contributed by atoms with Crippen LogP contribution in [-0.2, 0) is 17.6 Å². The number of aromatic nitrogens is 6. The van der Waals surface area contributed by atoms with Crippen molar-refractivity contribution in [3.8, 4) is 28.3 Å². The summed E-state index contributed by atoms with van der Waals surface area (Å²) in [7, 11) is 0. The number of benzene rings is 3. The van der Waals surface area contributed by atoms with E-state index in [4.69, 9.17) is 9.47 Å². The maximum atomic E-state index is 14.4. The Kier molecular flexibility index (Phi) is 9.94. The molecule has 0 bridgehead atoms. The van der Waals surface area contributed by atoms with E-state index in [0.29, 0.717) is 23.6 Å². The number of ether oxygens (including phenoxy) is 2. The molecule has 0 aliphatic carbocycles. The summed E-state index contributed by atoms with van der Waals surface area (Å²) >= 11 is 0. The monoisotopic (exact) mass is 634 g/mol. The van der Waals surface area contributed by atoms with Crippen LogP contribution in [0, 0.1) is 0 Å². The van der Waals surface area contributed by atoms with Gasteiger partial charge in [-0.3, -0.25) is 9.48 Å². The van der Waals surface area contributed by atoms with Crippen LogP contribution in [0.25, 0.3) is 22.5 Å². The summed E-state index contributed by atoms with van der Waals surface area (Å²) < 4.78 is 15.7. The molecule has 3 heterocycles. The van der Waals surface area contributed by atoms with Gasteiger partial charge in [0, 0.05) is 29.3 Å². The summed E-state index contributed by atoms with van der Waals surface area (Å²) in [6, 6.07) is 23.6. The summed E-state index contributed by atoms with van der Waals surface area (Å²) in [5, 5.41) is 14.6. The zero-order chi connectivity index (χ0) is 32.8. The number of nitrogens with zero attached hydrogens (tertiary/aromatic N) is 5. The zero-order valence-electron chi connectivity index (χ0n) is 27.3. The number of esters is 1. The van der Waals surface area contributed by atoms with Gasteiger partial charge in [0.15, 0.2) is 0 Å². The number of unbranched alkanes of at least 4 members (excludes halogenated alkanes) is 2. The molecule has 6 rings (SSSR count). The van der Waals surface area contributed by atoms with Gasteiger partial charge in [-0.2, -0.15) is 5.21 Å². The van der Waals surface area contributed by atoms with Gasteiger partial charge in [-0.15, -0.1) is 10.2 Å². The number of aromatic amines is 1. The van der Waals surface area contributed by atoms with Gasteiger partial charge < -0.3 is 9.47 Å². The van der Waals surface area contributed by atoms with Crippen LogP contribution in [0.2, 0.25) is 0 Å². The number of carbonyl (C=O) groups excluding carboxylic acids is 1. The van der Waals surface area contributed by atoms with Crippen LogP contribution >= 0.6 is 0 Å². The Hall–Kier alpha value is -4.99. The fraction of sp³-hybridized carbons (Fsp3) is 0.378. The second-order valence-corrected chi connectivity index (χ2v) is 12.1. The highest BCUT2D eigenvalue weighted by molar-refractivity contribution is 5.92. The molecule has 1 aliphatic rings. The van der Waals surface area contributed by atoms with Crippen LogP contribution in [0.4, 0.5) is 0 Å². The maximum Gasteiger partial charge on any atom is 0.341 e. The van der Waals surface area contributed by atoms with Crippen molar-refractivity contribution in [2.75, 3.05) is 13.2 Å². The summed E-state index contributed by atoms with van der Waals surface area (Å²) in [6.45, 7) is 6.76. The van der Waals surface area contributed by atoms with Crippen LogP contribution in [0.1, 0.15) is 92.1 Å². The van der Waals surface area contributed by atoms with Gasteiger partial charge in [-0.05, 0) is 73.6 Å². The average molecular weight is 635 g/mol. The quantitative estimate of drug-likeness (QED) is 0.110. The third-order valence-electron chi connectivity index (χ3n) is 8.99. The highest BCUT2D eigenvalue weighted by atomic mass is 16.5. The van der Waals surface area contributed by atoms with Gasteiger partial charge in [0.1, 0.15) is 17.9 Å². The van der Waals surface area contributed by atoms with Gasteiger partial charge >= 0.3 is 5.97 Å². The molecule has 5 aromatic rings. The topological polar surface area (TPSA) is 117 Å². The second kappa shape index (κ2) is 14.6. The lowest BCUT2D eigenvalue weighted by molar-refractivity contribution is 0.0520. The summed E-state index contributed by atoms with van der Waals surface area (Å²) in [5.74, 6) is 0.608. The molecule has 244 valence electrons. The summed E-state index contributed by atoms with van der Waals surface area (Å²) in [6.07, 6.45) is 6.40. The lowest BCUT2D eigenvalue weighted by Gasteiger charge is -2.32. The molecule has 3 aromatic carbocycles. The number of fused-ring (bicyclic) bond motifs is 1. The summed E-state index contributed by atoms with van der Waals surface area (Å²) in [5.41, 5.74) is 6.45. The van der Waals surface area contributed by atoms with Crippen LogP contribution in [0.5, 0.6) is 5.75 Å². The van der Waals surface area contributed by atoms with Crippen LogP contribution in [0.15, 0.2) is 77.6 Å². The third-order valence-corrected chi connectivity index (χ3v) is 8.99. The van der Waals surface area contributed by atoms with Gasteiger partial charge in [0.05, 0.1) is 12.6 Å². The van der Waals surface area contributed by atoms with Gasteiger partial charge in [-0.25, -0.2) is 9.48 Å². The lowest BCUT2D eigenvalue weighted by Crippen LogP contribution is -2.37. The zero-order valence-corrected chi connectivity index (χ0v) is 27.3. The van der Waals surface area contributed by atoms with E-state index in [1.165, 1.54) is 0 Å². The molecule has 2 atom stereocenters. The molecule has 10 nitrogen and oxygen atoms in total. The number of H-pyrrole nitrogens is 1. The number of nitrogens with one attached hydrogen (secondary N) is 1. The highest BCUT2D eigenvalue weighted by Crippen LogP contribution is 2.33.